The number of carbonyl (C=O) groups excluding carboxylic acids is 1. The lowest BCUT2D eigenvalue weighted by molar-refractivity contribution is -0.141. The number of carbonyl (C=O) groups is 1. The molecule has 0 saturated carbocycles. The second kappa shape index (κ2) is 11.7. The molecule has 0 unspecified atom stereocenters. The van der Waals surface area contributed by atoms with Crippen LogP contribution in [0.2, 0.25) is 0 Å². The van der Waals surface area contributed by atoms with Crippen LogP contribution < -0.4 is 0 Å². The van der Waals surface area contributed by atoms with E-state index >= 15 is 0 Å². The summed E-state index contributed by atoms with van der Waals surface area (Å²) in [6.07, 6.45) is 12.1. The highest BCUT2D eigenvalue weighted by Crippen LogP contribution is 2.09. The minimum absolute atomic E-state index is 0.164. The zero-order valence-corrected chi connectivity index (χ0v) is 11.8. The predicted molar refractivity (Wildman–Crippen MR) is 73.0 cm³/mol. The lowest BCUT2D eigenvalue weighted by Gasteiger charge is -2.02. The third-order valence-electron chi connectivity index (χ3n) is 2.95. The molecule has 0 atom stereocenters. The normalized spacial score (nSPS) is 11.6. The number of allylic oxidation sites excluding steroid dienone is 2. The van der Waals surface area contributed by atoms with Gasteiger partial charge >= 0.3 is 5.97 Å². The maximum Gasteiger partial charge on any atom is 0.302 e. The van der Waals surface area contributed by atoms with Crippen molar-refractivity contribution < 1.29 is 9.53 Å². The predicted octanol–water partition coefficient (Wildman–Crippen LogP) is 4.64. The first-order chi connectivity index (χ1) is 8.16. The molecule has 2 nitrogen and oxygen atoms in total. The number of unbranched alkanes of at least 4 members (excludes halogenated alkanes) is 6. The van der Waals surface area contributed by atoms with Crippen LogP contribution in [0.5, 0.6) is 0 Å². The van der Waals surface area contributed by atoms with Crippen molar-refractivity contribution in [1.82, 2.24) is 0 Å². The van der Waals surface area contributed by atoms with Gasteiger partial charge in [0, 0.05) is 6.92 Å². The van der Waals surface area contributed by atoms with E-state index in [4.69, 9.17) is 4.74 Å². The molecule has 0 rings (SSSR count). The Morgan fingerprint density at radius 3 is 2.18 bits per heavy atom. The molecule has 0 spiro atoms. The molecule has 0 aliphatic carbocycles. The Balaban J connectivity index is 3.11. The average Bonchev–Trinajstić information content (AvgIpc) is 2.30. The van der Waals surface area contributed by atoms with Crippen molar-refractivity contribution in [3.8, 4) is 0 Å². The largest absolute Gasteiger partial charge is 0.466 e. The quantitative estimate of drug-likeness (QED) is 0.316. The molecule has 0 saturated heterocycles. The Bertz CT molecular complexity index is 219. The van der Waals surface area contributed by atoms with Crippen LogP contribution in [0.3, 0.4) is 0 Å². The molecule has 0 aromatic rings. The molecular formula is C15H28O2. The Kier molecular flexibility index (Phi) is 11.1. The molecule has 0 aromatic carbocycles. The summed E-state index contributed by atoms with van der Waals surface area (Å²) >= 11 is 0. The topological polar surface area (TPSA) is 26.3 Å². The fraction of sp³-hybridized carbons (Fsp3) is 0.800. The molecule has 0 N–H and O–H groups in total. The van der Waals surface area contributed by atoms with E-state index in [2.05, 4.69) is 19.9 Å². The van der Waals surface area contributed by atoms with Crippen molar-refractivity contribution in [1.29, 1.82) is 0 Å². The van der Waals surface area contributed by atoms with Gasteiger partial charge in [-0.1, -0.05) is 44.3 Å². The van der Waals surface area contributed by atoms with Crippen molar-refractivity contribution in [3.63, 3.8) is 0 Å². The molecule has 0 aliphatic rings. The van der Waals surface area contributed by atoms with E-state index < -0.39 is 0 Å². The van der Waals surface area contributed by atoms with Crippen LogP contribution in [0.25, 0.3) is 0 Å². The highest BCUT2D eigenvalue weighted by molar-refractivity contribution is 5.65. The maximum absolute atomic E-state index is 10.5. The summed E-state index contributed by atoms with van der Waals surface area (Å²) in [7, 11) is 0. The van der Waals surface area contributed by atoms with Crippen molar-refractivity contribution in [2.45, 2.75) is 72.1 Å². The summed E-state index contributed by atoms with van der Waals surface area (Å²) < 4.78 is 4.88. The van der Waals surface area contributed by atoms with Gasteiger partial charge in [-0.25, -0.2) is 0 Å². The van der Waals surface area contributed by atoms with E-state index in [0.29, 0.717) is 6.61 Å². The summed E-state index contributed by atoms with van der Waals surface area (Å²) in [6.45, 7) is 6.46. The van der Waals surface area contributed by atoms with Gasteiger partial charge in [-0.3, -0.25) is 4.79 Å². The van der Waals surface area contributed by atoms with E-state index in [9.17, 15) is 4.79 Å². The monoisotopic (exact) mass is 240 g/mol. The SMILES string of the molecule is CCC(C)=CCCCCCCCCOC(C)=O. The number of ether oxygens (including phenoxy) is 1. The highest BCUT2D eigenvalue weighted by atomic mass is 16.5. The first-order valence-electron chi connectivity index (χ1n) is 6.95. The molecule has 0 heterocycles. The number of rotatable bonds is 10. The van der Waals surface area contributed by atoms with Crippen LogP contribution in [0.1, 0.15) is 72.1 Å². The van der Waals surface area contributed by atoms with Gasteiger partial charge in [0.1, 0.15) is 0 Å². The van der Waals surface area contributed by atoms with Crippen LogP contribution in [0.15, 0.2) is 11.6 Å². The van der Waals surface area contributed by atoms with Gasteiger partial charge in [-0.2, -0.15) is 0 Å². The third-order valence-corrected chi connectivity index (χ3v) is 2.95. The van der Waals surface area contributed by atoms with Gasteiger partial charge in [0.2, 0.25) is 0 Å². The van der Waals surface area contributed by atoms with Crippen molar-refractivity contribution in [2.75, 3.05) is 6.61 Å². The average molecular weight is 240 g/mol. The molecule has 0 radical (unpaired) electrons. The molecule has 0 bridgehead atoms. The van der Waals surface area contributed by atoms with Crippen molar-refractivity contribution >= 4 is 5.97 Å². The summed E-state index contributed by atoms with van der Waals surface area (Å²) in [5.74, 6) is -0.164. The van der Waals surface area contributed by atoms with Crippen LogP contribution in [-0.2, 0) is 9.53 Å². The zero-order valence-electron chi connectivity index (χ0n) is 11.8. The maximum atomic E-state index is 10.5. The van der Waals surface area contributed by atoms with E-state index in [1.165, 1.54) is 57.4 Å². The lowest BCUT2D eigenvalue weighted by Crippen LogP contribution is -1.99. The zero-order chi connectivity index (χ0) is 12.9. The Labute approximate surface area is 106 Å². The molecule has 17 heavy (non-hydrogen) atoms. The fourth-order valence-corrected chi connectivity index (χ4v) is 1.66. The van der Waals surface area contributed by atoms with E-state index in [-0.39, 0.29) is 5.97 Å². The summed E-state index contributed by atoms with van der Waals surface area (Å²) in [5, 5.41) is 0. The molecule has 0 aromatic heterocycles. The standard InChI is InChI=1S/C15H28O2/c1-4-14(2)12-10-8-6-5-7-9-11-13-17-15(3)16/h12H,4-11,13H2,1-3H3. The molecule has 100 valence electrons. The Morgan fingerprint density at radius 2 is 1.59 bits per heavy atom. The summed E-state index contributed by atoms with van der Waals surface area (Å²) in [6, 6.07) is 0. The van der Waals surface area contributed by atoms with E-state index in [0.717, 1.165) is 6.42 Å². The second-order valence-corrected chi connectivity index (χ2v) is 4.65. The van der Waals surface area contributed by atoms with E-state index in [1.54, 1.807) is 0 Å². The van der Waals surface area contributed by atoms with Crippen LogP contribution in [0.4, 0.5) is 0 Å². The van der Waals surface area contributed by atoms with Gasteiger partial charge < -0.3 is 4.74 Å². The van der Waals surface area contributed by atoms with Crippen LogP contribution in [-0.4, -0.2) is 12.6 Å². The molecule has 0 aliphatic heterocycles. The lowest BCUT2D eigenvalue weighted by atomic mass is 10.1. The van der Waals surface area contributed by atoms with Gasteiger partial charge in [0.15, 0.2) is 0 Å². The van der Waals surface area contributed by atoms with E-state index in [1.807, 2.05) is 0 Å². The smallest absolute Gasteiger partial charge is 0.302 e. The first-order valence-corrected chi connectivity index (χ1v) is 6.95. The van der Waals surface area contributed by atoms with Gasteiger partial charge in [-0.05, 0) is 32.6 Å². The summed E-state index contributed by atoms with van der Waals surface area (Å²) in [5.41, 5.74) is 1.51. The van der Waals surface area contributed by atoms with Crippen molar-refractivity contribution in [2.24, 2.45) is 0 Å². The molecule has 0 fully saturated rings. The number of esters is 1. The number of hydrogen-bond acceptors (Lipinski definition) is 2. The van der Waals surface area contributed by atoms with Crippen molar-refractivity contribution in [3.05, 3.63) is 11.6 Å². The Hall–Kier alpha value is -0.790. The highest BCUT2D eigenvalue weighted by Gasteiger charge is 1.94. The second-order valence-electron chi connectivity index (χ2n) is 4.65. The van der Waals surface area contributed by atoms with Gasteiger partial charge in [0.25, 0.3) is 0 Å². The minimum Gasteiger partial charge on any atom is -0.466 e. The van der Waals surface area contributed by atoms with Gasteiger partial charge in [-0.15, -0.1) is 0 Å². The van der Waals surface area contributed by atoms with Gasteiger partial charge in [0.05, 0.1) is 6.61 Å². The minimum atomic E-state index is -0.164. The summed E-state index contributed by atoms with van der Waals surface area (Å²) in [4.78, 5) is 10.5. The molecule has 2 heteroatoms. The number of hydrogen-bond donors (Lipinski definition) is 0. The first kappa shape index (κ1) is 16.2. The Morgan fingerprint density at radius 1 is 1.00 bits per heavy atom. The van der Waals surface area contributed by atoms with Crippen LogP contribution in [0, 0.1) is 0 Å². The van der Waals surface area contributed by atoms with Crippen LogP contribution >= 0.6 is 0 Å². The molecular weight excluding hydrogens is 212 g/mol. The molecule has 0 amide bonds. The fourth-order valence-electron chi connectivity index (χ4n) is 1.66. The third kappa shape index (κ3) is 13.1.